The fourth-order valence-electron chi connectivity index (χ4n) is 3.91. The van der Waals surface area contributed by atoms with Crippen molar-refractivity contribution in [3.63, 3.8) is 0 Å². The Hall–Kier alpha value is -3.15. The summed E-state index contributed by atoms with van der Waals surface area (Å²) in [5.41, 5.74) is 3.85. The molecule has 0 saturated carbocycles. The first kappa shape index (κ1) is 19.2. The van der Waals surface area contributed by atoms with Crippen LogP contribution < -0.4 is 5.32 Å². The number of carbonyl (C=O) groups is 2. The molecule has 150 valence electrons. The predicted molar refractivity (Wildman–Crippen MR) is 111 cm³/mol. The van der Waals surface area contributed by atoms with Crippen molar-refractivity contribution in [2.45, 2.75) is 32.7 Å². The van der Waals surface area contributed by atoms with E-state index < -0.39 is 0 Å². The molecule has 1 unspecified atom stereocenters. The molecular weight excluding hydrogens is 364 g/mol. The summed E-state index contributed by atoms with van der Waals surface area (Å²) in [6.07, 6.45) is 5.95. The summed E-state index contributed by atoms with van der Waals surface area (Å²) < 4.78 is 1.97. The minimum atomic E-state index is -0.165. The third kappa shape index (κ3) is 4.47. The molecule has 6 nitrogen and oxygen atoms in total. The van der Waals surface area contributed by atoms with Crippen molar-refractivity contribution in [2.75, 3.05) is 13.1 Å². The van der Waals surface area contributed by atoms with Crippen molar-refractivity contribution in [1.29, 1.82) is 0 Å². The van der Waals surface area contributed by atoms with E-state index in [0.717, 1.165) is 41.9 Å². The summed E-state index contributed by atoms with van der Waals surface area (Å²) in [7, 11) is 0. The quantitative estimate of drug-likeness (QED) is 0.728. The molecule has 3 heterocycles. The van der Waals surface area contributed by atoms with Crippen molar-refractivity contribution in [2.24, 2.45) is 5.92 Å². The third-order valence-electron chi connectivity index (χ3n) is 5.51. The zero-order valence-electron chi connectivity index (χ0n) is 16.7. The van der Waals surface area contributed by atoms with Crippen molar-refractivity contribution in [3.8, 4) is 0 Å². The lowest BCUT2D eigenvalue weighted by Gasteiger charge is -2.32. The first-order valence-electron chi connectivity index (χ1n) is 10.1. The number of amides is 2. The maximum atomic E-state index is 12.7. The van der Waals surface area contributed by atoms with Gasteiger partial charge in [0.1, 0.15) is 5.65 Å². The number of benzene rings is 1. The van der Waals surface area contributed by atoms with E-state index in [1.165, 1.54) is 0 Å². The number of likely N-dealkylation sites (tertiary alicyclic amines) is 1. The van der Waals surface area contributed by atoms with Crippen LogP contribution in [0.1, 0.15) is 29.7 Å². The molecule has 29 heavy (non-hydrogen) atoms. The smallest absolute Gasteiger partial charge is 0.227 e. The number of nitrogens with zero attached hydrogens (tertiary/aromatic N) is 3. The zero-order valence-corrected chi connectivity index (χ0v) is 16.7. The number of rotatable bonds is 5. The highest BCUT2D eigenvalue weighted by Gasteiger charge is 2.28. The Morgan fingerprint density at radius 1 is 1.17 bits per heavy atom. The molecule has 0 spiro atoms. The Balaban J connectivity index is 1.33. The van der Waals surface area contributed by atoms with Gasteiger partial charge in [-0.15, -0.1) is 0 Å². The van der Waals surface area contributed by atoms with Gasteiger partial charge in [0.05, 0.1) is 24.6 Å². The van der Waals surface area contributed by atoms with Crippen LogP contribution in [-0.2, 0) is 22.6 Å². The largest absolute Gasteiger partial charge is 0.350 e. The summed E-state index contributed by atoms with van der Waals surface area (Å²) in [6.45, 7) is 3.63. The van der Waals surface area contributed by atoms with E-state index in [2.05, 4.69) is 10.3 Å². The van der Waals surface area contributed by atoms with Crippen LogP contribution in [0.2, 0.25) is 0 Å². The summed E-state index contributed by atoms with van der Waals surface area (Å²) in [6, 6.07) is 13.7. The van der Waals surface area contributed by atoms with Gasteiger partial charge in [-0.3, -0.25) is 9.59 Å². The number of fused-ring (bicyclic) bond motifs is 1. The molecule has 1 saturated heterocycles. The van der Waals surface area contributed by atoms with Crippen molar-refractivity contribution >= 4 is 17.5 Å². The Kier molecular flexibility index (Phi) is 5.60. The monoisotopic (exact) mass is 390 g/mol. The highest BCUT2D eigenvalue weighted by Crippen LogP contribution is 2.18. The van der Waals surface area contributed by atoms with Crippen LogP contribution in [0.5, 0.6) is 0 Å². The van der Waals surface area contributed by atoms with Crippen LogP contribution in [0.25, 0.3) is 5.65 Å². The third-order valence-corrected chi connectivity index (χ3v) is 5.51. The fourth-order valence-corrected chi connectivity index (χ4v) is 3.91. The Morgan fingerprint density at radius 2 is 2.00 bits per heavy atom. The topological polar surface area (TPSA) is 66.7 Å². The Labute approximate surface area is 170 Å². The van der Waals surface area contributed by atoms with E-state index in [0.29, 0.717) is 19.5 Å². The van der Waals surface area contributed by atoms with Gasteiger partial charge in [-0.1, -0.05) is 36.4 Å². The molecule has 4 rings (SSSR count). The van der Waals surface area contributed by atoms with Crippen LogP contribution in [0.15, 0.2) is 54.9 Å². The molecule has 0 bridgehead atoms. The summed E-state index contributed by atoms with van der Waals surface area (Å²) in [4.78, 5) is 31.8. The van der Waals surface area contributed by atoms with E-state index >= 15 is 0 Å². The average Bonchev–Trinajstić information content (AvgIpc) is 3.17. The summed E-state index contributed by atoms with van der Waals surface area (Å²) in [5.74, 6) is -0.0808. The second-order valence-electron chi connectivity index (χ2n) is 7.71. The SMILES string of the molecule is Cc1cccn2cc(CNC(=O)C3CCCN(C(=O)Cc4ccccc4)C3)nc12. The van der Waals surface area contributed by atoms with Crippen molar-refractivity contribution in [1.82, 2.24) is 19.6 Å². The Morgan fingerprint density at radius 3 is 2.79 bits per heavy atom. The first-order valence-corrected chi connectivity index (χ1v) is 10.1. The molecule has 1 aromatic carbocycles. The zero-order chi connectivity index (χ0) is 20.2. The van der Waals surface area contributed by atoms with Crippen LogP contribution in [0.3, 0.4) is 0 Å². The highest BCUT2D eigenvalue weighted by molar-refractivity contribution is 5.82. The highest BCUT2D eigenvalue weighted by atomic mass is 16.2. The minimum Gasteiger partial charge on any atom is -0.350 e. The van der Waals surface area contributed by atoms with E-state index in [4.69, 9.17) is 0 Å². The van der Waals surface area contributed by atoms with Crippen LogP contribution in [0, 0.1) is 12.8 Å². The number of aromatic nitrogens is 2. The maximum Gasteiger partial charge on any atom is 0.227 e. The fraction of sp³-hybridized carbons (Fsp3) is 0.348. The van der Waals surface area contributed by atoms with E-state index in [1.807, 2.05) is 71.1 Å². The average molecular weight is 390 g/mol. The van der Waals surface area contributed by atoms with Crippen molar-refractivity contribution in [3.05, 3.63) is 71.7 Å². The summed E-state index contributed by atoms with van der Waals surface area (Å²) in [5, 5.41) is 3.01. The number of aryl methyl sites for hydroxylation is 1. The van der Waals surface area contributed by atoms with Gasteiger partial charge in [-0.05, 0) is 37.0 Å². The molecule has 2 amide bonds. The molecule has 6 heteroatoms. The van der Waals surface area contributed by atoms with E-state index in [-0.39, 0.29) is 17.7 Å². The van der Waals surface area contributed by atoms with Gasteiger partial charge in [0.15, 0.2) is 0 Å². The van der Waals surface area contributed by atoms with Gasteiger partial charge in [0.25, 0.3) is 0 Å². The van der Waals surface area contributed by atoms with Gasteiger partial charge in [0.2, 0.25) is 11.8 Å². The molecular formula is C23H26N4O2. The molecule has 1 fully saturated rings. The number of imidazole rings is 1. The number of carbonyl (C=O) groups excluding carboxylic acids is 2. The molecule has 2 aromatic heterocycles. The number of piperidine rings is 1. The van der Waals surface area contributed by atoms with Gasteiger partial charge < -0.3 is 14.6 Å². The number of pyridine rings is 1. The minimum absolute atomic E-state index is 0.00371. The summed E-state index contributed by atoms with van der Waals surface area (Å²) >= 11 is 0. The van der Waals surface area contributed by atoms with E-state index in [1.54, 1.807) is 0 Å². The lowest BCUT2D eigenvalue weighted by molar-refractivity contribution is -0.135. The van der Waals surface area contributed by atoms with Gasteiger partial charge in [-0.2, -0.15) is 0 Å². The standard InChI is InChI=1S/C23H26N4O2/c1-17-7-5-12-27-16-20(25-22(17)27)14-24-23(29)19-10-6-11-26(15-19)21(28)13-18-8-3-2-4-9-18/h2-5,7-9,12,16,19H,6,10-11,13-15H2,1H3,(H,24,29). The molecule has 3 aromatic rings. The molecule has 1 N–H and O–H groups in total. The van der Waals surface area contributed by atoms with Crippen LogP contribution in [0.4, 0.5) is 0 Å². The predicted octanol–water partition coefficient (Wildman–Crippen LogP) is 2.74. The molecule has 0 aliphatic carbocycles. The second-order valence-corrected chi connectivity index (χ2v) is 7.71. The van der Waals surface area contributed by atoms with Gasteiger partial charge >= 0.3 is 0 Å². The van der Waals surface area contributed by atoms with Crippen LogP contribution >= 0.6 is 0 Å². The molecule has 1 atom stereocenters. The van der Waals surface area contributed by atoms with Crippen LogP contribution in [-0.4, -0.2) is 39.2 Å². The number of hydrogen-bond acceptors (Lipinski definition) is 3. The van der Waals surface area contributed by atoms with Crippen molar-refractivity contribution < 1.29 is 9.59 Å². The molecule has 0 radical (unpaired) electrons. The first-order chi connectivity index (χ1) is 14.1. The lowest BCUT2D eigenvalue weighted by atomic mass is 9.96. The van der Waals surface area contributed by atoms with Gasteiger partial charge in [-0.25, -0.2) is 4.98 Å². The number of nitrogens with one attached hydrogen (secondary N) is 1. The number of hydrogen-bond donors (Lipinski definition) is 1. The Bertz CT molecular complexity index is 1010. The van der Waals surface area contributed by atoms with E-state index in [9.17, 15) is 9.59 Å². The second kappa shape index (κ2) is 8.47. The molecule has 1 aliphatic heterocycles. The molecule has 1 aliphatic rings. The maximum absolute atomic E-state index is 12.7. The lowest BCUT2D eigenvalue weighted by Crippen LogP contribution is -2.45. The van der Waals surface area contributed by atoms with Gasteiger partial charge in [0, 0.05) is 25.5 Å². The normalized spacial score (nSPS) is 16.7.